The Morgan fingerprint density at radius 1 is 0.686 bits per heavy atom. The van der Waals surface area contributed by atoms with Gasteiger partial charge in [0.05, 0.1) is 24.3 Å². The van der Waals surface area contributed by atoms with Crippen LogP contribution in [-0.4, -0.2) is 119 Å². The summed E-state index contributed by atoms with van der Waals surface area (Å²) >= 11 is 0. The molecule has 376 valence electrons. The maximum absolute atomic E-state index is 15.4. The van der Waals surface area contributed by atoms with E-state index in [1.165, 1.54) is 31.2 Å². The van der Waals surface area contributed by atoms with E-state index in [2.05, 4.69) is 30.8 Å². The van der Waals surface area contributed by atoms with Crippen molar-refractivity contribution in [1.29, 1.82) is 0 Å². The van der Waals surface area contributed by atoms with Crippen LogP contribution in [-0.2, 0) is 48.1 Å². The molecule has 14 nitrogen and oxygen atoms in total. The van der Waals surface area contributed by atoms with Gasteiger partial charge in [-0.25, -0.2) is 8.78 Å². The second kappa shape index (κ2) is 22.3. The van der Waals surface area contributed by atoms with E-state index >= 15 is 4.39 Å². The lowest BCUT2D eigenvalue weighted by Crippen LogP contribution is -2.55. The Hall–Kier alpha value is -6.13. The molecule has 2 aliphatic rings. The van der Waals surface area contributed by atoms with E-state index in [0.717, 1.165) is 63.8 Å². The van der Waals surface area contributed by atoms with Gasteiger partial charge in [0.1, 0.15) is 30.3 Å². The van der Waals surface area contributed by atoms with Gasteiger partial charge in [-0.2, -0.15) is 0 Å². The van der Waals surface area contributed by atoms with Gasteiger partial charge in [0.2, 0.25) is 23.6 Å². The highest BCUT2D eigenvalue weighted by molar-refractivity contribution is 5.95. The number of H-pyrrole nitrogens is 1. The van der Waals surface area contributed by atoms with Crippen LogP contribution in [0, 0.1) is 23.5 Å². The Balaban J connectivity index is 1.27. The minimum atomic E-state index is -0.737. The third-order valence-electron chi connectivity index (χ3n) is 14.4. The Morgan fingerprint density at radius 3 is 1.73 bits per heavy atom. The van der Waals surface area contributed by atoms with Crippen LogP contribution in [0.25, 0.3) is 44.3 Å². The minimum Gasteiger partial charge on any atom is -0.464 e. The van der Waals surface area contributed by atoms with Crippen LogP contribution in [0.15, 0.2) is 60.7 Å². The number of benzene rings is 3. The zero-order valence-electron chi connectivity index (χ0n) is 42.0. The number of aromatic amines is 1. The molecule has 2 aromatic heterocycles. The molecule has 0 bridgehead atoms. The highest BCUT2D eigenvalue weighted by Gasteiger charge is 2.39. The summed E-state index contributed by atoms with van der Waals surface area (Å²) in [5.74, 6) is -2.32. The molecule has 0 unspecified atom stereocenters. The van der Waals surface area contributed by atoms with E-state index in [1.54, 1.807) is 40.1 Å². The number of nitrogens with one attached hydrogen (secondary N) is 5. The zero-order chi connectivity index (χ0) is 50.6. The summed E-state index contributed by atoms with van der Waals surface area (Å²) in [7, 11) is 3.40. The quantitative estimate of drug-likeness (QED) is 0.0560. The number of esters is 1. The van der Waals surface area contributed by atoms with Gasteiger partial charge < -0.3 is 45.4 Å². The number of amides is 4. The van der Waals surface area contributed by atoms with E-state index in [1.807, 2.05) is 61.8 Å². The van der Waals surface area contributed by atoms with Crippen LogP contribution in [0.4, 0.5) is 8.78 Å². The van der Waals surface area contributed by atoms with Gasteiger partial charge in [0, 0.05) is 59.6 Å². The Labute approximate surface area is 409 Å². The van der Waals surface area contributed by atoms with Crippen molar-refractivity contribution in [2.24, 2.45) is 11.8 Å². The standard InChI is InChI=1S/C54H70F2N8O6/c1-30(2)47(60-51(66)32(5)57-8)53(68)62-22-10-12-39(62)28-43-41-20-18-38(56)27-45(41)59-49(43)35-14-16-36(17-15-35)50-44(42-26-37(55)19-21-46(42)64(50)24-25-70-34(7)65)29-40-13-11-23-63(40)54(69)48(31(3)4)61-52(67)33(6)58-9/h14-21,26-27,30-33,39-40,47-48,57-59H,10-13,22-25,28-29H2,1-9H3,(H,60,66)(H,61,67)/t32-,33-,39-,40-,47+,48+/m1/s1. The third-order valence-corrected chi connectivity index (χ3v) is 14.4. The number of likely N-dealkylation sites (N-methyl/N-ethyl adjacent to an activating group) is 2. The maximum Gasteiger partial charge on any atom is 0.302 e. The number of hydrogen-bond donors (Lipinski definition) is 5. The minimum absolute atomic E-state index is 0.0743. The summed E-state index contributed by atoms with van der Waals surface area (Å²) in [6.07, 6.45) is 3.93. The number of aromatic nitrogens is 2. The fourth-order valence-corrected chi connectivity index (χ4v) is 10.3. The van der Waals surface area contributed by atoms with Gasteiger partial charge in [0.15, 0.2) is 0 Å². The molecule has 2 aliphatic heterocycles. The van der Waals surface area contributed by atoms with Crippen LogP contribution >= 0.6 is 0 Å². The Kier molecular flexibility index (Phi) is 16.5. The van der Waals surface area contributed by atoms with Gasteiger partial charge in [-0.1, -0.05) is 52.0 Å². The van der Waals surface area contributed by atoms with E-state index < -0.39 is 36.0 Å². The fraction of sp³-hybridized carbons (Fsp3) is 0.500. The molecule has 5 aromatic rings. The topological polar surface area (TPSA) is 170 Å². The molecule has 2 fully saturated rings. The normalized spacial score (nSPS) is 17.9. The number of fused-ring (bicyclic) bond motifs is 2. The number of hydrogen-bond acceptors (Lipinski definition) is 8. The molecule has 5 N–H and O–H groups in total. The molecule has 0 saturated carbocycles. The lowest BCUT2D eigenvalue weighted by Gasteiger charge is -2.32. The van der Waals surface area contributed by atoms with Gasteiger partial charge in [-0.15, -0.1) is 0 Å². The van der Waals surface area contributed by atoms with Crippen LogP contribution in [0.5, 0.6) is 0 Å². The molecule has 70 heavy (non-hydrogen) atoms. The number of halogens is 2. The molecule has 4 heterocycles. The average molecular weight is 965 g/mol. The molecule has 0 aliphatic carbocycles. The lowest BCUT2D eigenvalue weighted by molar-refractivity contribution is -0.141. The first-order valence-electron chi connectivity index (χ1n) is 24.8. The summed E-state index contributed by atoms with van der Waals surface area (Å²) in [6, 6.07) is 14.6. The van der Waals surface area contributed by atoms with E-state index in [4.69, 9.17) is 4.74 Å². The number of nitrogens with zero attached hydrogens (tertiary/aromatic N) is 3. The molecule has 3 aromatic carbocycles. The fourth-order valence-electron chi connectivity index (χ4n) is 10.3. The van der Waals surface area contributed by atoms with Crippen molar-refractivity contribution in [3.63, 3.8) is 0 Å². The zero-order valence-corrected chi connectivity index (χ0v) is 42.0. The van der Waals surface area contributed by atoms with E-state index in [9.17, 15) is 28.4 Å². The molecule has 6 atom stereocenters. The predicted molar refractivity (Wildman–Crippen MR) is 269 cm³/mol. The van der Waals surface area contributed by atoms with Gasteiger partial charge in [0.25, 0.3) is 0 Å². The van der Waals surface area contributed by atoms with Crippen molar-refractivity contribution in [3.05, 3.63) is 83.4 Å². The molecule has 0 spiro atoms. The second-order valence-corrected chi connectivity index (χ2v) is 19.8. The van der Waals surface area contributed by atoms with E-state index in [-0.39, 0.29) is 66.5 Å². The smallest absolute Gasteiger partial charge is 0.302 e. The monoisotopic (exact) mass is 965 g/mol. The van der Waals surface area contributed by atoms with Crippen molar-refractivity contribution >= 4 is 51.4 Å². The van der Waals surface area contributed by atoms with Crippen LogP contribution in [0.1, 0.15) is 85.3 Å². The van der Waals surface area contributed by atoms with Crippen LogP contribution in [0.3, 0.4) is 0 Å². The Morgan fingerprint density at radius 2 is 1.20 bits per heavy atom. The van der Waals surface area contributed by atoms with Crippen molar-refractivity contribution < 1.29 is 37.5 Å². The van der Waals surface area contributed by atoms with Crippen molar-refractivity contribution in [1.82, 2.24) is 40.6 Å². The molecule has 7 rings (SSSR count). The van der Waals surface area contributed by atoms with Gasteiger partial charge >= 0.3 is 5.97 Å². The number of carbonyl (C=O) groups excluding carboxylic acids is 5. The summed E-state index contributed by atoms with van der Waals surface area (Å²) in [5, 5.41) is 13.4. The number of carbonyl (C=O) groups is 5. The first-order valence-corrected chi connectivity index (χ1v) is 24.8. The van der Waals surface area contributed by atoms with Crippen LogP contribution < -0.4 is 21.3 Å². The molecular weight excluding hydrogens is 895 g/mol. The van der Waals surface area contributed by atoms with Crippen molar-refractivity contribution in [3.8, 4) is 22.5 Å². The largest absolute Gasteiger partial charge is 0.464 e. The molecule has 2 saturated heterocycles. The maximum atomic E-state index is 15.4. The summed E-state index contributed by atoms with van der Waals surface area (Å²) < 4.78 is 37.7. The molecule has 4 amide bonds. The first-order chi connectivity index (χ1) is 33.4. The average Bonchev–Trinajstić information content (AvgIpc) is 4.14. The number of likely N-dealkylation sites (tertiary alicyclic amines) is 2. The van der Waals surface area contributed by atoms with Crippen LogP contribution in [0.2, 0.25) is 0 Å². The summed E-state index contributed by atoms with van der Waals surface area (Å²) in [6.45, 7) is 14.0. The molecule has 16 heteroatoms. The number of rotatable bonds is 19. The number of ether oxygens (including phenoxy) is 1. The highest BCUT2D eigenvalue weighted by Crippen LogP contribution is 2.40. The Bertz CT molecular complexity index is 2710. The second-order valence-electron chi connectivity index (χ2n) is 19.8. The third kappa shape index (κ3) is 11.1. The predicted octanol–water partition coefficient (Wildman–Crippen LogP) is 6.86. The van der Waals surface area contributed by atoms with Gasteiger partial charge in [-0.3, -0.25) is 24.0 Å². The highest BCUT2D eigenvalue weighted by atomic mass is 19.1. The first kappa shape index (κ1) is 51.7. The summed E-state index contributed by atoms with van der Waals surface area (Å²) in [5.41, 5.74) is 6.38. The molecular formula is C54H70F2N8O6. The summed E-state index contributed by atoms with van der Waals surface area (Å²) in [4.78, 5) is 74.0. The van der Waals surface area contributed by atoms with Crippen molar-refractivity contribution in [2.45, 2.75) is 130 Å². The van der Waals surface area contributed by atoms with Gasteiger partial charge in [-0.05, 0) is 137 Å². The SMILES string of the molecule is CN[C@H](C)C(=O)N[C@H](C(=O)N1CCC[C@@H]1Cc1c(-c2ccc(-c3c(C[C@H]4CCCN4C(=O)[C@@H](NC(=O)[C@@H](C)NC)C(C)C)c4cc(F)ccc4n3CCOC(C)=O)cc2)[nH]c2cc(F)ccc12)C(C)C. The lowest BCUT2D eigenvalue weighted by atomic mass is 9.94. The molecule has 0 radical (unpaired) electrons. The van der Waals surface area contributed by atoms with Crippen molar-refractivity contribution in [2.75, 3.05) is 33.8 Å². The van der Waals surface area contributed by atoms with E-state index in [0.29, 0.717) is 43.3 Å².